The van der Waals surface area contributed by atoms with Gasteiger partial charge in [-0.2, -0.15) is 12.7 Å². The van der Waals surface area contributed by atoms with Gasteiger partial charge in [-0.15, -0.1) is 0 Å². The number of aryl methyl sites for hydroxylation is 1. The Kier molecular flexibility index (Phi) is 10.8. The topological polar surface area (TPSA) is 108 Å². The molecule has 2 aromatic carbocycles. The zero-order valence-electron chi connectivity index (χ0n) is 28.6. The second-order valence-electron chi connectivity index (χ2n) is 14.4. The van der Waals surface area contributed by atoms with Crippen LogP contribution in [0.15, 0.2) is 36.4 Å². The molecule has 1 aliphatic carbocycles. The highest BCUT2D eigenvalue weighted by molar-refractivity contribution is 7.87. The van der Waals surface area contributed by atoms with Crippen molar-refractivity contribution in [1.29, 1.82) is 0 Å². The number of benzene rings is 2. The third kappa shape index (κ3) is 7.87. The Balaban J connectivity index is 1.45. The summed E-state index contributed by atoms with van der Waals surface area (Å²) in [7, 11) is -0.254. The van der Waals surface area contributed by atoms with Gasteiger partial charge in [-0.3, -0.25) is 9.59 Å². The Morgan fingerprint density at radius 1 is 1.06 bits per heavy atom. The van der Waals surface area contributed by atoms with Gasteiger partial charge in [0.05, 0.1) is 18.2 Å². The molecule has 268 valence electrons. The molecule has 3 aliphatic heterocycles. The van der Waals surface area contributed by atoms with Crippen LogP contribution in [-0.4, -0.2) is 82.9 Å². The highest BCUT2D eigenvalue weighted by atomic mass is 35.5. The Labute approximate surface area is 294 Å². The van der Waals surface area contributed by atoms with Crippen molar-refractivity contribution < 1.29 is 31.9 Å². The molecular formula is C36H48ClFN4O6S. The number of fused-ring (bicyclic) bond motifs is 6. The van der Waals surface area contributed by atoms with Gasteiger partial charge in [0, 0.05) is 58.0 Å². The number of carbonyl (C=O) groups excluding carboxylic acids is 2. The summed E-state index contributed by atoms with van der Waals surface area (Å²) in [6.07, 6.45) is 6.61. The fraction of sp³-hybridized carbons (Fsp3) is 0.611. The van der Waals surface area contributed by atoms with Crippen molar-refractivity contribution in [2.75, 3.05) is 52.3 Å². The van der Waals surface area contributed by atoms with Gasteiger partial charge in [0.15, 0.2) is 0 Å². The number of alkyl halides is 1. The normalized spacial score (nSPS) is 28.3. The number of nitrogens with one attached hydrogen (secondary N) is 1. The molecule has 49 heavy (non-hydrogen) atoms. The number of nitrogens with zero attached hydrogens (tertiary/aromatic N) is 3. The van der Waals surface area contributed by atoms with Crippen molar-refractivity contribution >= 4 is 39.3 Å². The van der Waals surface area contributed by atoms with E-state index in [2.05, 4.69) is 4.90 Å². The largest absolute Gasteiger partial charge is 0.487 e. The van der Waals surface area contributed by atoms with E-state index < -0.39 is 34.1 Å². The summed E-state index contributed by atoms with van der Waals surface area (Å²) in [5.74, 6) is -0.353. The summed E-state index contributed by atoms with van der Waals surface area (Å²) in [6, 6.07) is 10.4. The van der Waals surface area contributed by atoms with Gasteiger partial charge in [0.2, 0.25) is 11.6 Å². The second kappa shape index (κ2) is 14.7. The summed E-state index contributed by atoms with van der Waals surface area (Å²) in [5, 5.41) is 0.668. The van der Waals surface area contributed by atoms with Crippen molar-refractivity contribution in [3.63, 3.8) is 0 Å². The lowest BCUT2D eigenvalue weighted by atomic mass is 9.67. The highest BCUT2D eigenvalue weighted by Crippen LogP contribution is 2.45. The van der Waals surface area contributed by atoms with E-state index in [1.165, 1.54) is 25.1 Å². The lowest BCUT2D eigenvalue weighted by Crippen LogP contribution is -2.50. The van der Waals surface area contributed by atoms with Crippen LogP contribution < -0.4 is 14.4 Å². The van der Waals surface area contributed by atoms with Crippen LogP contribution in [0.2, 0.25) is 5.02 Å². The molecule has 2 fully saturated rings. The molecule has 1 saturated heterocycles. The van der Waals surface area contributed by atoms with E-state index in [4.69, 9.17) is 21.1 Å². The standard InChI is InChI=1S/C36H48ClFN4O6S/c1-40(2)49(45,46)39-35(44)36(38)21-34(43)41(3)16-13-24-14-17-47-33(18-24)30-11-8-26(30)22-42-15-5-4-6-25-19-29(37)10-7-27(25)23-48-32-12-9-28(36)20-31(32)42/h7,9-10,12,19-20,24,26,30,33H,4-6,8,11,13-18,21-23H2,1-3H3,(H,39,44)/t24-,26+,30-,33+,36?/m1/s1. The summed E-state index contributed by atoms with van der Waals surface area (Å²) in [6.45, 7) is 2.71. The zero-order chi connectivity index (χ0) is 34.9. The number of ether oxygens (including phenoxy) is 2. The van der Waals surface area contributed by atoms with Crippen LogP contribution in [-0.2, 0) is 43.2 Å². The summed E-state index contributed by atoms with van der Waals surface area (Å²) in [4.78, 5) is 31.1. The molecule has 4 aliphatic rings. The molecule has 4 bridgehead atoms. The summed E-state index contributed by atoms with van der Waals surface area (Å²) >= 11 is 6.35. The predicted octanol–water partition coefficient (Wildman–Crippen LogP) is 5.22. The fourth-order valence-electron chi connectivity index (χ4n) is 7.69. The number of hydrogen-bond acceptors (Lipinski definition) is 7. The van der Waals surface area contributed by atoms with Crippen LogP contribution in [0.1, 0.15) is 68.1 Å². The molecule has 0 spiro atoms. The zero-order valence-corrected chi connectivity index (χ0v) is 30.2. The number of halogens is 2. The molecular weight excluding hydrogens is 671 g/mol. The molecule has 5 atom stereocenters. The molecule has 1 unspecified atom stereocenters. The van der Waals surface area contributed by atoms with Gasteiger partial charge in [-0.25, -0.2) is 9.11 Å². The minimum atomic E-state index is -4.35. The molecule has 2 amide bonds. The number of carbonyl (C=O) groups is 2. The third-order valence-corrected chi connectivity index (χ3v) is 12.7. The van der Waals surface area contributed by atoms with Crippen molar-refractivity contribution in [1.82, 2.24) is 13.9 Å². The molecule has 2 aromatic rings. The molecule has 1 saturated carbocycles. The molecule has 3 heterocycles. The first-order valence-electron chi connectivity index (χ1n) is 17.4. The lowest BCUT2D eigenvalue weighted by molar-refractivity contribution is -0.142. The molecule has 0 aromatic heterocycles. The van der Waals surface area contributed by atoms with Gasteiger partial charge >= 0.3 is 10.2 Å². The van der Waals surface area contributed by atoms with Gasteiger partial charge in [0.1, 0.15) is 12.4 Å². The lowest BCUT2D eigenvalue weighted by Gasteiger charge is -2.47. The van der Waals surface area contributed by atoms with Crippen LogP contribution in [0, 0.1) is 17.8 Å². The number of amides is 2. The van der Waals surface area contributed by atoms with E-state index in [0.717, 1.165) is 66.8 Å². The summed E-state index contributed by atoms with van der Waals surface area (Å²) in [5.41, 5.74) is -0.345. The minimum Gasteiger partial charge on any atom is -0.487 e. The minimum absolute atomic E-state index is 0.104. The first-order chi connectivity index (χ1) is 23.3. The van der Waals surface area contributed by atoms with E-state index in [9.17, 15) is 18.0 Å². The van der Waals surface area contributed by atoms with E-state index in [-0.39, 0.29) is 18.3 Å². The Hall–Kier alpha value is -2.93. The van der Waals surface area contributed by atoms with Crippen molar-refractivity contribution in [2.45, 2.75) is 76.2 Å². The monoisotopic (exact) mass is 718 g/mol. The average Bonchev–Trinajstić information content (AvgIpc) is 3.08. The van der Waals surface area contributed by atoms with Crippen molar-refractivity contribution in [2.24, 2.45) is 17.8 Å². The number of anilines is 1. The van der Waals surface area contributed by atoms with Crippen LogP contribution in [0.25, 0.3) is 0 Å². The third-order valence-electron chi connectivity index (χ3n) is 11.0. The maximum Gasteiger partial charge on any atom is 0.303 e. The van der Waals surface area contributed by atoms with E-state index in [1.54, 1.807) is 19.2 Å². The first-order valence-corrected chi connectivity index (χ1v) is 19.2. The SMILES string of the molecule is CN1CC[C@@H]2CCO[C@@H](C2)[C@@H]2CC[C@H]2CN2CCCCc3cc(Cl)ccc3COc3ccc(cc32)C(F)(C(=O)NS(=O)(=O)N(C)C)CC1=O. The second-order valence-corrected chi connectivity index (χ2v) is 16.7. The fourth-order valence-corrected chi connectivity index (χ4v) is 8.46. The van der Waals surface area contributed by atoms with Gasteiger partial charge in [-0.05, 0) is 105 Å². The quantitative estimate of drug-likeness (QED) is 0.464. The number of hydrogen-bond donors (Lipinski definition) is 1. The van der Waals surface area contributed by atoms with Crippen molar-refractivity contribution in [3.8, 4) is 5.75 Å². The van der Waals surface area contributed by atoms with E-state index >= 15 is 4.39 Å². The smallest absolute Gasteiger partial charge is 0.303 e. The molecule has 13 heteroatoms. The van der Waals surface area contributed by atoms with Gasteiger partial charge < -0.3 is 19.3 Å². The average molecular weight is 719 g/mol. The molecule has 0 radical (unpaired) electrons. The van der Waals surface area contributed by atoms with E-state index in [1.807, 2.05) is 22.9 Å². The molecule has 10 nitrogen and oxygen atoms in total. The van der Waals surface area contributed by atoms with Crippen LogP contribution in [0.3, 0.4) is 0 Å². The van der Waals surface area contributed by atoms with Gasteiger partial charge in [0.25, 0.3) is 5.91 Å². The van der Waals surface area contributed by atoms with Crippen LogP contribution in [0.4, 0.5) is 10.1 Å². The van der Waals surface area contributed by atoms with Gasteiger partial charge in [-0.1, -0.05) is 23.7 Å². The first kappa shape index (κ1) is 35.9. The molecule has 1 N–H and O–H groups in total. The number of rotatable bonds is 3. The van der Waals surface area contributed by atoms with Crippen molar-refractivity contribution in [3.05, 3.63) is 58.1 Å². The van der Waals surface area contributed by atoms with E-state index in [0.29, 0.717) is 60.5 Å². The predicted molar refractivity (Wildman–Crippen MR) is 186 cm³/mol. The maximum atomic E-state index is 17.6. The highest BCUT2D eigenvalue weighted by Gasteiger charge is 2.47. The maximum absolute atomic E-state index is 17.6. The Morgan fingerprint density at radius 2 is 1.88 bits per heavy atom. The summed E-state index contributed by atoms with van der Waals surface area (Å²) < 4.78 is 58.6. The Bertz CT molecular complexity index is 1660. The van der Waals surface area contributed by atoms with Crippen LogP contribution >= 0.6 is 11.6 Å². The molecule has 6 rings (SSSR count). The Morgan fingerprint density at radius 3 is 2.63 bits per heavy atom. The van der Waals surface area contributed by atoms with Crippen LogP contribution in [0.5, 0.6) is 5.75 Å².